The van der Waals surface area contributed by atoms with Gasteiger partial charge in [0.1, 0.15) is 5.75 Å². The molecule has 3 aromatic rings. The maximum absolute atomic E-state index is 12.6. The Labute approximate surface area is 184 Å². The van der Waals surface area contributed by atoms with Gasteiger partial charge in [-0.2, -0.15) is 5.10 Å². The molecule has 0 aliphatic rings. The number of nitrogens with one attached hydrogen (secondary N) is 1. The molecule has 2 aromatic carbocycles. The molecule has 30 heavy (non-hydrogen) atoms. The fourth-order valence-corrected chi connectivity index (χ4v) is 3.59. The van der Waals surface area contributed by atoms with Crippen LogP contribution in [0.5, 0.6) is 5.75 Å². The van der Waals surface area contributed by atoms with Crippen LogP contribution in [0, 0.1) is 0 Å². The highest BCUT2D eigenvalue weighted by Gasteiger charge is 2.19. The van der Waals surface area contributed by atoms with E-state index in [1.54, 1.807) is 44.2 Å². The molecule has 1 N–H and O–H groups in total. The SMILES string of the molecule is CCOC(=O)[C@H](C)Oc1c(Br)cc(Cl)cc1C=Nn1c(=O)[nH]c2ccccc2c1=O. The average Bonchev–Trinajstić information content (AvgIpc) is 2.70. The van der Waals surface area contributed by atoms with Crippen molar-refractivity contribution in [1.29, 1.82) is 0 Å². The van der Waals surface area contributed by atoms with Gasteiger partial charge < -0.3 is 14.5 Å². The summed E-state index contributed by atoms with van der Waals surface area (Å²) in [6.45, 7) is 3.45. The van der Waals surface area contributed by atoms with E-state index in [2.05, 4.69) is 26.0 Å². The average molecular weight is 495 g/mol. The molecule has 0 amide bonds. The third-order valence-electron chi connectivity index (χ3n) is 4.05. The molecule has 0 spiro atoms. The topological polar surface area (TPSA) is 103 Å². The molecule has 0 aliphatic heterocycles. The first-order valence-corrected chi connectivity index (χ1v) is 10.1. The van der Waals surface area contributed by atoms with Crippen LogP contribution in [-0.4, -0.2) is 34.6 Å². The van der Waals surface area contributed by atoms with Crippen LogP contribution in [0.1, 0.15) is 19.4 Å². The Morgan fingerprint density at radius 3 is 2.80 bits per heavy atom. The largest absolute Gasteiger partial charge is 0.477 e. The van der Waals surface area contributed by atoms with E-state index in [9.17, 15) is 14.4 Å². The number of carbonyl (C=O) groups is 1. The number of H-pyrrole nitrogens is 1. The zero-order valence-corrected chi connectivity index (χ0v) is 18.4. The van der Waals surface area contributed by atoms with Crippen molar-refractivity contribution in [3.63, 3.8) is 0 Å². The number of para-hydroxylation sites is 1. The Hall–Kier alpha value is -2.91. The molecule has 0 aliphatic carbocycles. The highest BCUT2D eigenvalue weighted by atomic mass is 79.9. The molecule has 0 saturated heterocycles. The standard InChI is InChI=1S/C20H17BrClN3O5/c1-3-29-19(27)11(2)30-17-12(8-13(22)9-15(17)21)10-23-25-18(26)14-6-4-5-7-16(14)24-20(25)28/h4-11H,3H2,1-2H3,(H,24,28)/t11-/m0/s1. The predicted octanol–water partition coefficient (Wildman–Crippen LogP) is 3.32. The summed E-state index contributed by atoms with van der Waals surface area (Å²) in [6, 6.07) is 9.73. The minimum absolute atomic E-state index is 0.219. The fourth-order valence-electron chi connectivity index (χ4n) is 2.66. The first-order valence-electron chi connectivity index (χ1n) is 8.92. The van der Waals surface area contributed by atoms with Gasteiger partial charge in [-0.15, -0.1) is 4.68 Å². The normalized spacial score (nSPS) is 12.3. The molecule has 0 unspecified atom stereocenters. The van der Waals surface area contributed by atoms with Crippen molar-refractivity contribution in [2.75, 3.05) is 6.61 Å². The lowest BCUT2D eigenvalue weighted by Crippen LogP contribution is -2.32. The zero-order valence-electron chi connectivity index (χ0n) is 16.0. The lowest BCUT2D eigenvalue weighted by molar-refractivity contribution is -0.150. The van der Waals surface area contributed by atoms with Gasteiger partial charge in [0.25, 0.3) is 5.56 Å². The molecule has 0 saturated carbocycles. The molecule has 10 heteroatoms. The van der Waals surface area contributed by atoms with Crippen LogP contribution in [0.15, 0.2) is 55.6 Å². The number of aromatic amines is 1. The van der Waals surface area contributed by atoms with Crippen LogP contribution < -0.4 is 16.0 Å². The number of esters is 1. The number of benzene rings is 2. The van der Waals surface area contributed by atoms with Gasteiger partial charge in [0.2, 0.25) is 0 Å². The van der Waals surface area contributed by atoms with E-state index in [1.165, 1.54) is 12.3 Å². The van der Waals surface area contributed by atoms with E-state index < -0.39 is 23.3 Å². The van der Waals surface area contributed by atoms with E-state index in [-0.39, 0.29) is 12.4 Å². The molecular formula is C20H17BrClN3O5. The second kappa shape index (κ2) is 9.27. The monoisotopic (exact) mass is 493 g/mol. The Kier molecular flexibility index (Phi) is 6.73. The van der Waals surface area contributed by atoms with Crippen LogP contribution in [-0.2, 0) is 9.53 Å². The Morgan fingerprint density at radius 2 is 2.07 bits per heavy atom. The minimum atomic E-state index is -0.902. The number of hydrogen-bond acceptors (Lipinski definition) is 6. The molecule has 1 heterocycles. The van der Waals surface area contributed by atoms with Crippen molar-refractivity contribution in [3.05, 3.63) is 72.3 Å². The van der Waals surface area contributed by atoms with Crippen molar-refractivity contribution in [3.8, 4) is 5.75 Å². The molecule has 3 rings (SSSR count). The third kappa shape index (κ3) is 4.63. The number of carbonyl (C=O) groups excluding carboxylic acids is 1. The number of fused-ring (bicyclic) bond motifs is 1. The van der Waals surface area contributed by atoms with Gasteiger partial charge in [-0.1, -0.05) is 23.7 Å². The van der Waals surface area contributed by atoms with E-state index in [0.717, 1.165) is 0 Å². The molecule has 156 valence electrons. The highest BCUT2D eigenvalue weighted by molar-refractivity contribution is 9.10. The maximum Gasteiger partial charge on any atom is 0.349 e. The van der Waals surface area contributed by atoms with Gasteiger partial charge in [-0.3, -0.25) is 4.79 Å². The lowest BCUT2D eigenvalue weighted by atomic mass is 10.2. The summed E-state index contributed by atoms with van der Waals surface area (Å²) in [5.74, 6) is -0.279. The fraction of sp³-hybridized carbons (Fsp3) is 0.200. The van der Waals surface area contributed by atoms with Crippen LogP contribution in [0.25, 0.3) is 10.9 Å². The van der Waals surface area contributed by atoms with Gasteiger partial charge >= 0.3 is 11.7 Å². The molecule has 8 nitrogen and oxygen atoms in total. The number of rotatable bonds is 6. The first-order chi connectivity index (χ1) is 14.3. The van der Waals surface area contributed by atoms with Crippen LogP contribution in [0.2, 0.25) is 5.02 Å². The number of ether oxygens (including phenoxy) is 2. The van der Waals surface area contributed by atoms with Crippen molar-refractivity contribution in [2.24, 2.45) is 5.10 Å². The van der Waals surface area contributed by atoms with E-state index in [4.69, 9.17) is 21.1 Å². The summed E-state index contributed by atoms with van der Waals surface area (Å²) in [6.07, 6.45) is 0.358. The van der Waals surface area contributed by atoms with E-state index in [0.29, 0.717) is 30.6 Å². The second-order valence-electron chi connectivity index (χ2n) is 6.16. The smallest absolute Gasteiger partial charge is 0.349 e. The summed E-state index contributed by atoms with van der Waals surface area (Å²) in [4.78, 5) is 39.4. The van der Waals surface area contributed by atoms with Crippen LogP contribution >= 0.6 is 27.5 Å². The summed E-state index contributed by atoms with van der Waals surface area (Å²) in [5.41, 5.74) is -0.505. The quantitative estimate of drug-likeness (QED) is 0.418. The predicted molar refractivity (Wildman–Crippen MR) is 118 cm³/mol. The minimum Gasteiger partial charge on any atom is -0.477 e. The van der Waals surface area contributed by atoms with Crippen LogP contribution in [0.4, 0.5) is 0 Å². The summed E-state index contributed by atoms with van der Waals surface area (Å²) in [5, 5.41) is 4.69. The number of hydrogen-bond donors (Lipinski definition) is 1. The van der Waals surface area contributed by atoms with Crippen molar-refractivity contribution in [2.45, 2.75) is 20.0 Å². The van der Waals surface area contributed by atoms with Gasteiger partial charge in [-0.05, 0) is 54.0 Å². The highest BCUT2D eigenvalue weighted by Crippen LogP contribution is 2.32. The second-order valence-corrected chi connectivity index (χ2v) is 7.45. The van der Waals surface area contributed by atoms with Gasteiger partial charge in [-0.25, -0.2) is 9.59 Å². The number of aromatic nitrogens is 2. The first kappa shape index (κ1) is 21.8. The summed E-state index contributed by atoms with van der Waals surface area (Å²) in [7, 11) is 0. The van der Waals surface area contributed by atoms with Gasteiger partial charge in [0.05, 0.1) is 28.2 Å². The summed E-state index contributed by atoms with van der Waals surface area (Å²) >= 11 is 9.46. The Morgan fingerprint density at radius 1 is 1.33 bits per heavy atom. The third-order valence-corrected chi connectivity index (χ3v) is 4.85. The Bertz CT molecular complexity index is 1250. The summed E-state index contributed by atoms with van der Waals surface area (Å²) < 4.78 is 11.8. The molecular weight excluding hydrogens is 478 g/mol. The Balaban J connectivity index is 2.04. The van der Waals surface area contributed by atoms with E-state index >= 15 is 0 Å². The molecule has 0 bridgehead atoms. The van der Waals surface area contributed by atoms with Crippen molar-refractivity contribution < 1.29 is 14.3 Å². The number of nitrogens with zero attached hydrogens (tertiary/aromatic N) is 2. The van der Waals surface area contributed by atoms with E-state index in [1.807, 2.05) is 0 Å². The van der Waals surface area contributed by atoms with Crippen molar-refractivity contribution in [1.82, 2.24) is 9.66 Å². The number of halogens is 2. The van der Waals surface area contributed by atoms with Crippen LogP contribution in [0.3, 0.4) is 0 Å². The van der Waals surface area contributed by atoms with Crippen molar-refractivity contribution >= 4 is 50.6 Å². The zero-order chi connectivity index (χ0) is 21.8. The maximum atomic E-state index is 12.6. The van der Waals surface area contributed by atoms with Gasteiger partial charge in [0, 0.05) is 10.6 Å². The molecule has 1 aromatic heterocycles. The van der Waals surface area contributed by atoms with Gasteiger partial charge in [0.15, 0.2) is 6.10 Å². The molecule has 0 radical (unpaired) electrons. The molecule has 0 fully saturated rings. The lowest BCUT2D eigenvalue weighted by Gasteiger charge is -2.16. The molecule has 1 atom stereocenters.